The first-order valence-electron chi connectivity index (χ1n) is 7.18. The van der Waals surface area contributed by atoms with Gasteiger partial charge in [-0.2, -0.15) is 5.26 Å². The average Bonchev–Trinajstić information content (AvgIpc) is 2.53. The fraction of sp³-hybridized carbons (Fsp3) is 0.438. The van der Waals surface area contributed by atoms with Crippen molar-refractivity contribution in [1.82, 2.24) is 5.32 Å². The largest absolute Gasteiger partial charge is 0.464 e. The summed E-state index contributed by atoms with van der Waals surface area (Å²) >= 11 is 0. The molecule has 0 bridgehead atoms. The molecule has 0 aromatic heterocycles. The van der Waals surface area contributed by atoms with Crippen molar-refractivity contribution in [3.05, 3.63) is 35.9 Å². The van der Waals surface area contributed by atoms with Gasteiger partial charge in [0, 0.05) is 6.42 Å². The van der Waals surface area contributed by atoms with Crippen LogP contribution >= 0.6 is 0 Å². The quantitative estimate of drug-likeness (QED) is 0.589. The normalized spacial score (nSPS) is 11.1. The summed E-state index contributed by atoms with van der Waals surface area (Å²) in [5.41, 5.74) is 0.856. The highest BCUT2D eigenvalue weighted by atomic mass is 16.6. The average molecular weight is 304 g/mol. The molecule has 0 saturated carbocycles. The van der Waals surface area contributed by atoms with Gasteiger partial charge in [-0.3, -0.25) is 0 Å². The van der Waals surface area contributed by atoms with Crippen LogP contribution in [0.4, 0.5) is 4.79 Å². The summed E-state index contributed by atoms with van der Waals surface area (Å²) in [6.45, 7) is 2.05. The second kappa shape index (κ2) is 10.2. The fourth-order valence-electron chi connectivity index (χ4n) is 1.78. The number of carbonyl (C=O) groups is 2. The first-order valence-corrected chi connectivity index (χ1v) is 7.18. The predicted octanol–water partition coefficient (Wildman–Crippen LogP) is 2.54. The molecule has 0 spiro atoms. The summed E-state index contributed by atoms with van der Waals surface area (Å²) in [7, 11) is 0. The van der Waals surface area contributed by atoms with Crippen molar-refractivity contribution in [2.75, 3.05) is 6.61 Å². The predicted molar refractivity (Wildman–Crippen MR) is 79.6 cm³/mol. The van der Waals surface area contributed by atoms with Gasteiger partial charge in [-0.1, -0.05) is 30.3 Å². The number of nitrogens with zero attached hydrogens (tertiary/aromatic N) is 1. The highest BCUT2D eigenvalue weighted by molar-refractivity contribution is 5.81. The molecule has 0 aliphatic heterocycles. The number of carbonyl (C=O) groups excluding carboxylic acids is 2. The Bertz CT molecular complexity index is 511. The summed E-state index contributed by atoms with van der Waals surface area (Å²) in [6, 6.07) is 10.4. The van der Waals surface area contributed by atoms with Crippen molar-refractivity contribution in [2.45, 2.75) is 38.8 Å². The molecule has 1 rings (SSSR count). The minimum Gasteiger partial charge on any atom is -0.464 e. The van der Waals surface area contributed by atoms with Crippen molar-refractivity contribution in [3.8, 4) is 6.07 Å². The Morgan fingerprint density at radius 1 is 1.27 bits per heavy atom. The van der Waals surface area contributed by atoms with Gasteiger partial charge in [0.2, 0.25) is 0 Å². The number of alkyl carbamates (subject to hydrolysis) is 1. The monoisotopic (exact) mass is 304 g/mol. The van der Waals surface area contributed by atoms with Crippen molar-refractivity contribution in [2.24, 2.45) is 0 Å². The third-order valence-electron chi connectivity index (χ3n) is 2.86. The molecule has 1 amide bonds. The summed E-state index contributed by atoms with van der Waals surface area (Å²) in [5.74, 6) is -0.517. The topological polar surface area (TPSA) is 88.4 Å². The molecule has 0 saturated heterocycles. The second-order valence-corrected chi connectivity index (χ2v) is 4.56. The van der Waals surface area contributed by atoms with E-state index in [0.29, 0.717) is 19.3 Å². The van der Waals surface area contributed by atoms with Crippen LogP contribution in [-0.4, -0.2) is 24.7 Å². The summed E-state index contributed by atoms with van der Waals surface area (Å²) in [4.78, 5) is 23.5. The lowest BCUT2D eigenvalue weighted by atomic mass is 10.1. The maximum Gasteiger partial charge on any atom is 0.408 e. The number of esters is 1. The Hall–Kier alpha value is -2.55. The van der Waals surface area contributed by atoms with E-state index in [-0.39, 0.29) is 13.2 Å². The zero-order valence-corrected chi connectivity index (χ0v) is 12.6. The van der Waals surface area contributed by atoms with Crippen molar-refractivity contribution < 1.29 is 19.1 Å². The third-order valence-corrected chi connectivity index (χ3v) is 2.86. The summed E-state index contributed by atoms with van der Waals surface area (Å²) < 4.78 is 9.98. The van der Waals surface area contributed by atoms with Gasteiger partial charge in [0.1, 0.15) is 12.6 Å². The lowest BCUT2D eigenvalue weighted by Gasteiger charge is -2.16. The molecule has 6 nitrogen and oxygen atoms in total. The van der Waals surface area contributed by atoms with Gasteiger partial charge < -0.3 is 14.8 Å². The van der Waals surface area contributed by atoms with Gasteiger partial charge >= 0.3 is 12.1 Å². The second-order valence-electron chi connectivity index (χ2n) is 4.56. The van der Waals surface area contributed by atoms with E-state index in [1.54, 1.807) is 6.92 Å². The van der Waals surface area contributed by atoms with Gasteiger partial charge in [-0.05, 0) is 25.3 Å². The molecule has 1 aromatic carbocycles. The van der Waals surface area contributed by atoms with Crippen LogP contribution in [0.15, 0.2) is 30.3 Å². The number of hydrogen-bond acceptors (Lipinski definition) is 5. The van der Waals surface area contributed by atoms with E-state index in [1.165, 1.54) is 0 Å². The minimum absolute atomic E-state index is 0.125. The number of ether oxygens (including phenoxy) is 2. The highest BCUT2D eigenvalue weighted by Gasteiger charge is 2.22. The lowest BCUT2D eigenvalue weighted by molar-refractivity contribution is -0.145. The molecule has 22 heavy (non-hydrogen) atoms. The SMILES string of the molecule is CCOC(=O)[C@@H](CCCC#N)NC(=O)OCc1ccccc1. The molecule has 1 N–H and O–H groups in total. The maximum atomic E-state index is 11.8. The molecule has 0 radical (unpaired) electrons. The third kappa shape index (κ3) is 6.75. The Balaban J connectivity index is 2.47. The number of hydrogen-bond donors (Lipinski definition) is 1. The highest BCUT2D eigenvalue weighted by Crippen LogP contribution is 2.05. The Kier molecular flexibility index (Phi) is 8.13. The molecule has 118 valence electrons. The van der Waals surface area contributed by atoms with E-state index in [2.05, 4.69) is 5.32 Å². The summed E-state index contributed by atoms with van der Waals surface area (Å²) in [6.07, 6.45) is 0.474. The lowest BCUT2D eigenvalue weighted by Crippen LogP contribution is -2.42. The molecule has 0 heterocycles. The van der Waals surface area contributed by atoms with E-state index in [0.717, 1.165) is 5.56 Å². The van der Waals surface area contributed by atoms with Gasteiger partial charge in [-0.15, -0.1) is 0 Å². The standard InChI is InChI=1S/C16H20N2O4/c1-2-21-15(19)14(10-6-7-11-17)18-16(20)22-12-13-8-4-3-5-9-13/h3-5,8-9,14H,2,6-7,10,12H2,1H3,(H,18,20)/t14-/m1/s1. The molecule has 0 unspecified atom stereocenters. The van der Waals surface area contributed by atoms with E-state index in [1.807, 2.05) is 36.4 Å². The van der Waals surface area contributed by atoms with Crippen LogP contribution in [0.5, 0.6) is 0 Å². The van der Waals surface area contributed by atoms with Crippen LogP contribution in [-0.2, 0) is 20.9 Å². The number of unbranched alkanes of at least 4 members (excludes halogenated alkanes) is 1. The van der Waals surface area contributed by atoms with Gasteiger partial charge in [0.25, 0.3) is 0 Å². The molecular weight excluding hydrogens is 284 g/mol. The molecule has 1 atom stereocenters. The van der Waals surface area contributed by atoms with Crippen LogP contribution in [0.2, 0.25) is 0 Å². The first kappa shape index (κ1) is 17.5. The van der Waals surface area contributed by atoms with E-state index < -0.39 is 18.1 Å². The Morgan fingerprint density at radius 3 is 2.64 bits per heavy atom. The molecule has 0 aliphatic carbocycles. The number of nitriles is 1. The van der Waals surface area contributed by atoms with Crippen molar-refractivity contribution in [1.29, 1.82) is 5.26 Å². The van der Waals surface area contributed by atoms with Crippen molar-refractivity contribution in [3.63, 3.8) is 0 Å². The maximum absolute atomic E-state index is 11.8. The molecule has 0 aliphatic rings. The van der Waals surface area contributed by atoms with Crippen LogP contribution in [0.3, 0.4) is 0 Å². The fourth-order valence-corrected chi connectivity index (χ4v) is 1.78. The Labute approximate surface area is 130 Å². The minimum atomic E-state index is -0.795. The van der Waals surface area contributed by atoms with Crippen LogP contribution < -0.4 is 5.32 Å². The zero-order valence-electron chi connectivity index (χ0n) is 12.6. The van der Waals surface area contributed by atoms with Crippen LogP contribution in [0.1, 0.15) is 31.7 Å². The van der Waals surface area contributed by atoms with Crippen LogP contribution in [0.25, 0.3) is 0 Å². The summed E-state index contributed by atoms with van der Waals surface area (Å²) in [5, 5.41) is 11.0. The molecule has 1 aromatic rings. The molecule has 6 heteroatoms. The van der Waals surface area contributed by atoms with Gasteiger partial charge in [-0.25, -0.2) is 9.59 Å². The van der Waals surface area contributed by atoms with E-state index in [4.69, 9.17) is 14.7 Å². The van der Waals surface area contributed by atoms with E-state index >= 15 is 0 Å². The zero-order chi connectivity index (χ0) is 16.2. The Morgan fingerprint density at radius 2 is 2.00 bits per heavy atom. The number of rotatable bonds is 8. The first-order chi connectivity index (χ1) is 10.7. The van der Waals surface area contributed by atoms with Gasteiger partial charge in [0.15, 0.2) is 0 Å². The van der Waals surface area contributed by atoms with Crippen molar-refractivity contribution >= 4 is 12.1 Å². The van der Waals surface area contributed by atoms with Gasteiger partial charge in [0.05, 0.1) is 12.7 Å². The molecule has 0 fully saturated rings. The number of benzene rings is 1. The smallest absolute Gasteiger partial charge is 0.408 e. The number of nitrogens with one attached hydrogen (secondary N) is 1. The molecular formula is C16H20N2O4. The van der Waals surface area contributed by atoms with E-state index in [9.17, 15) is 9.59 Å². The number of amides is 1. The van der Waals surface area contributed by atoms with Crippen LogP contribution in [0, 0.1) is 11.3 Å².